The summed E-state index contributed by atoms with van der Waals surface area (Å²) >= 11 is 0. The van der Waals surface area contributed by atoms with Gasteiger partial charge in [0, 0.05) is 17.0 Å². The van der Waals surface area contributed by atoms with Crippen molar-refractivity contribution in [2.45, 2.75) is 45.8 Å². The smallest absolute Gasteiger partial charge is 0.418 e. The summed E-state index contributed by atoms with van der Waals surface area (Å²) in [7, 11) is -3.78. The third-order valence-electron chi connectivity index (χ3n) is 8.96. The molecule has 6 rings (SSSR count). The molecule has 0 radical (unpaired) electrons. The van der Waals surface area contributed by atoms with Crippen LogP contribution in [-0.4, -0.2) is 41.1 Å². The lowest BCUT2D eigenvalue weighted by molar-refractivity contribution is 0.0702. The van der Waals surface area contributed by atoms with E-state index < -0.39 is 27.4 Å². The molecule has 3 aliphatic rings. The van der Waals surface area contributed by atoms with Crippen LogP contribution in [0.3, 0.4) is 0 Å². The number of hydrogen-bond donors (Lipinski definition) is 0. The van der Waals surface area contributed by atoms with Gasteiger partial charge in [-0.1, -0.05) is 62.4 Å². The first-order valence-electron chi connectivity index (χ1n) is 12.0. The molecule has 2 aromatic carbocycles. The average Bonchev–Trinajstić information content (AvgIpc) is 3.48. The van der Waals surface area contributed by atoms with Crippen molar-refractivity contribution in [3.8, 4) is 0 Å². The van der Waals surface area contributed by atoms with Gasteiger partial charge in [-0.15, -0.1) is 0 Å². The summed E-state index contributed by atoms with van der Waals surface area (Å²) in [6, 6.07) is 16.0. The number of benzene rings is 2. The minimum absolute atomic E-state index is 0.0116. The van der Waals surface area contributed by atoms with Crippen LogP contribution in [0.1, 0.15) is 49.0 Å². The van der Waals surface area contributed by atoms with Crippen LogP contribution in [0.4, 0.5) is 4.79 Å². The van der Waals surface area contributed by atoms with Crippen molar-refractivity contribution in [1.82, 2.24) is 8.87 Å². The molecule has 2 aliphatic carbocycles. The SMILES string of the molecule is CC1(C)[C@H]2CC[C@@]13CS(=O)(=O)N(C(=O)c1cn(C(=O)OCc4ccccc4)c4ccccc14)[C@H]3C2. The summed E-state index contributed by atoms with van der Waals surface area (Å²) in [4.78, 5) is 26.9. The van der Waals surface area contributed by atoms with E-state index in [1.54, 1.807) is 24.3 Å². The fraction of sp³-hybridized carbons (Fsp3) is 0.407. The van der Waals surface area contributed by atoms with Crippen LogP contribution < -0.4 is 0 Å². The van der Waals surface area contributed by atoms with Gasteiger partial charge in [0.25, 0.3) is 5.91 Å². The third kappa shape index (κ3) is 3.05. The molecule has 0 unspecified atom stereocenters. The van der Waals surface area contributed by atoms with Gasteiger partial charge in [0.1, 0.15) is 6.61 Å². The number of hydrogen-bond acceptors (Lipinski definition) is 5. The minimum Gasteiger partial charge on any atom is -0.444 e. The van der Waals surface area contributed by atoms with Crippen LogP contribution in [-0.2, 0) is 21.4 Å². The summed E-state index contributed by atoms with van der Waals surface area (Å²) in [5.74, 6) is -0.133. The monoisotopic (exact) mass is 492 g/mol. The Balaban J connectivity index is 1.37. The summed E-state index contributed by atoms with van der Waals surface area (Å²) in [5, 5.41) is 0.535. The van der Waals surface area contributed by atoms with E-state index in [1.807, 2.05) is 30.3 Å². The highest BCUT2D eigenvalue weighted by Crippen LogP contribution is 2.70. The van der Waals surface area contributed by atoms with Crippen LogP contribution >= 0.6 is 0 Å². The molecule has 2 heterocycles. The topological polar surface area (TPSA) is 85.7 Å². The quantitative estimate of drug-likeness (QED) is 0.524. The van der Waals surface area contributed by atoms with Gasteiger partial charge in [0.05, 0.1) is 22.9 Å². The van der Waals surface area contributed by atoms with Gasteiger partial charge in [-0.2, -0.15) is 0 Å². The zero-order chi connectivity index (χ0) is 24.6. The molecule has 3 atom stereocenters. The van der Waals surface area contributed by atoms with Crippen molar-refractivity contribution in [3.05, 3.63) is 71.9 Å². The Morgan fingerprint density at radius 1 is 1.06 bits per heavy atom. The number of nitrogens with zero attached hydrogens (tertiary/aromatic N) is 2. The Hall–Kier alpha value is -3.13. The molecule has 1 spiro atoms. The number of carbonyl (C=O) groups excluding carboxylic acids is 2. The first kappa shape index (κ1) is 22.3. The predicted octanol–water partition coefficient (Wildman–Crippen LogP) is 4.81. The van der Waals surface area contributed by atoms with Crippen molar-refractivity contribution in [2.75, 3.05) is 5.75 Å². The lowest BCUT2D eigenvalue weighted by Crippen LogP contribution is -2.44. The van der Waals surface area contributed by atoms with E-state index in [1.165, 1.54) is 10.8 Å². The Labute approximate surface area is 204 Å². The number of rotatable bonds is 3. The molecule has 1 saturated heterocycles. The zero-order valence-electron chi connectivity index (χ0n) is 19.8. The van der Waals surface area contributed by atoms with Crippen LogP contribution in [0.5, 0.6) is 0 Å². The molecule has 3 aromatic rings. The van der Waals surface area contributed by atoms with Crippen molar-refractivity contribution in [3.63, 3.8) is 0 Å². The van der Waals surface area contributed by atoms with E-state index in [-0.39, 0.29) is 29.4 Å². The Morgan fingerprint density at radius 3 is 2.51 bits per heavy atom. The number of fused-ring (bicyclic) bond motifs is 2. The maximum absolute atomic E-state index is 13.9. The summed E-state index contributed by atoms with van der Waals surface area (Å²) < 4.78 is 34.8. The largest absolute Gasteiger partial charge is 0.444 e. The second-order valence-corrected chi connectivity index (χ2v) is 12.5. The number of amides is 1. The standard InChI is InChI=1S/C27H28N2O5S/c1-26(2)19-12-13-27(26)17-35(32,33)29(23(27)14-19)24(30)21-15-28(22-11-7-6-10-20(21)22)25(31)34-16-18-8-4-3-5-9-18/h3-11,15,19,23H,12-14,16-17H2,1-2H3/t19-,23-,27-/m0/s1. The number of ether oxygens (including phenoxy) is 1. The van der Waals surface area contributed by atoms with Gasteiger partial charge in [-0.05, 0) is 42.2 Å². The fourth-order valence-electron chi connectivity index (χ4n) is 6.96. The first-order valence-corrected chi connectivity index (χ1v) is 13.6. The maximum Gasteiger partial charge on any atom is 0.418 e. The van der Waals surface area contributed by atoms with Crippen LogP contribution in [0, 0.1) is 16.7 Å². The van der Waals surface area contributed by atoms with Crippen molar-refractivity contribution >= 4 is 32.9 Å². The highest BCUT2D eigenvalue weighted by Gasteiger charge is 2.72. The van der Waals surface area contributed by atoms with E-state index in [0.29, 0.717) is 23.2 Å². The van der Waals surface area contributed by atoms with Crippen molar-refractivity contribution in [2.24, 2.45) is 16.7 Å². The molecule has 1 amide bonds. The Morgan fingerprint density at radius 2 is 1.77 bits per heavy atom. The van der Waals surface area contributed by atoms with Crippen molar-refractivity contribution < 1.29 is 22.7 Å². The molecule has 1 aromatic heterocycles. The van der Waals surface area contributed by atoms with Gasteiger partial charge in [-0.3, -0.25) is 9.36 Å². The average molecular weight is 493 g/mol. The van der Waals surface area contributed by atoms with Crippen LogP contribution in [0.25, 0.3) is 10.9 Å². The summed E-state index contributed by atoms with van der Waals surface area (Å²) in [6.45, 7) is 4.41. The summed E-state index contributed by atoms with van der Waals surface area (Å²) in [5.41, 5.74) is 1.03. The van der Waals surface area contributed by atoms with E-state index in [4.69, 9.17) is 4.74 Å². The number of aromatic nitrogens is 1. The molecule has 0 N–H and O–H groups in total. The Bertz CT molecular complexity index is 1460. The Kier molecular flexibility index (Phi) is 4.75. The molecule has 35 heavy (non-hydrogen) atoms. The van der Waals surface area contributed by atoms with E-state index >= 15 is 0 Å². The molecular formula is C27H28N2O5S. The van der Waals surface area contributed by atoms with Gasteiger partial charge in [-0.25, -0.2) is 17.5 Å². The van der Waals surface area contributed by atoms with Gasteiger partial charge in [0.15, 0.2) is 0 Å². The molecule has 2 bridgehead atoms. The van der Waals surface area contributed by atoms with Gasteiger partial charge < -0.3 is 4.74 Å². The third-order valence-corrected chi connectivity index (χ3v) is 10.9. The molecule has 8 heteroatoms. The highest BCUT2D eigenvalue weighted by atomic mass is 32.2. The zero-order valence-corrected chi connectivity index (χ0v) is 20.6. The predicted molar refractivity (Wildman–Crippen MR) is 131 cm³/mol. The molecule has 1 aliphatic heterocycles. The lowest BCUT2D eigenvalue weighted by atomic mass is 9.69. The van der Waals surface area contributed by atoms with Gasteiger partial charge >= 0.3 is 6.09 Å². The number of sulfonamides is 1. The number of carbonyl (C=O) groups is 2. The lowest BCUT2D eigenvalue weighted by Gasteiger charge is -2.37. The second kappa shape index (κ2) is 7.43. The normalized spacial score (nSPS) is 27.8. The van der Waals surface area contributed by atoms with Gasteiger partial charge in [0.2, 0.25) is 10.0 Å². The molecular weight excluding hydrogens is 464 g/mol. The second-order valence-electron chi connectivity index (χ2n) is 10.7. The van der Waals surface area contributed by atoms with Crippen molar-refractivity contribution in [1.29, 1.82) is 0 Å². The van der Waals surface area contributed by atoms with E-state index in [2.05, 4.69) is 13.8 Å². The van der Waals surface area contributed by atoms with E-state index in [9.17, 15) is 18.0 Å². The number of para-hydroxylation sites is 1. The molecule has 3 fully saturated rings. The molecule has 2 saturated carbocycles. The minimum atomic E-state index is -3.78. The van der Waals surface area contributed by atoms with Crippen LogP contribution in [0.2, 0.25) is 0 Å². The summed E-state index contributed by atoms with van der Waals surface area (Å²) in [6.07, 6.45) is 3.35. The molecule has 182 valence electrons. The first-order chi connectivity index (χ1) is 16.7. The van der Waals surface area contributed by atoms with E-state index in [0.717, 1.165) is 22.7 Å². The fourth-order valence-corrected chi connectivity index (χ4v) is 9.49. The highest BCUT2D eigenvalue weighted by molar-refractivity contribution is 7.90. The molecule has 7 nitrogen and oxygen atoms in total. The van der Waals surface area contributed by atoms with Crippen LogP contribution in [0.15, 0.2) is 60.8 Å². The maximum atomic E-state index is 13.9.